The molecule has 0 amide bonds. The van der Waals surface area contributed by atoms with Crippen molar-refractivity contribution >= 4 is 16.0 Å². The van der Waals surface area contributed by atoms with Crippen LogP contribution in [0.25, 0.3) is 0 Å². The van der Waals surface area contributed by atoms with Crippen molar-refractivity contribution in [2.45, 2.75) is 26.2 Å². The molecule has 0 heterocycles. The molecule has 0 aliphatic rings. The molecule has 0 aliphatic heterocycles. The standard InChI is InChI=1S/C14H21NO4S/c1-3-4-11-20(18,19)15(2)10-9-12-7-5-6-8-13(12)14(16)17/h5-8H,3-4,9-11H2,1-2H3,(H,16,17). The lowest BCUT2D eigenvalue weighted by molar-refractivity contribution is 0.0695. The van der Waals surface area contributed by atoms with E-state index < -0.39 is 16.0 Å². The van der Waals surface area contributed by atoms with Gasteiger partial charge in [-0.05, 0) is 24.5 Å². The van der Waals surface area contributed by atoms with Crippen molar-refractivity contribution in [3.63, 3.8) is 0 Å². The van der Waals surface area contributed by atoms with Gasteiger partial charge in [-0.25, -0.2) is 17.5 Å². The van der Waals surface area contributed by atoms with E-state index in [1.807, 2.05) is 6.92 Å². The van der Waals surface area contributed by atoms with Crippen LogP contribution in [0.2, 0.25) is 0 Å². The van der Waals surface area contributed by atoms with E-state index in [2.05, 4.69) is 0 Å². The van der Waals surface area contributed by atoms with E-state index in [-0.39, 0.29) is 17.9 Å². The van der Waals surface area contributed by atoms with Gasteiger partial charge in [-0.15, -0.1) is 0 Å². The van der Waals surface area contributed by atoms with Crippen LogP contribution in [0.15, 0.2) is 24.3 Å². The van der Waals surface area contributed by atoms with Crippen LogP contribution >= 0.6 is 0 Å². The minimum Gasteiger partial charge on any atom is -0.478 e. The van der Waals surface area contributed by atoms with Crippen molar-refractivity contribution in [3.05, 3.63) is 35.4 Å². The smallest absolute Gasteiger partial charge is 0.335 e. The van der Waals surface area contributed by atoms with E-state index in [4.69, 9.17) is 5.11 Å². The van der Waals surface area contributed by atoms with Crippen molar-refractivity contribution in [2.75, 3.05) is 19.3 Å². The Morgan fingerprint density at radius 3 is 2.55 bits per heavy atom. The highest BCUT2D eigenvalue weighted by atomic mass is 32.2. The van der Waals surface area contributed by atoms with E-state index in [9.17, 15) is 13.2 Å². The molecule has 0 aliphatic carbocycles. The fraction of sp³-hybridized carbons (Fsp3) is 0.500. The normalized spacial score (nSPS) is 11.8. The first-order valence-corrected chi connectivity index (χ1v) is 8.24. The first kappa shape index (κ1) is 16.7. The Morgan fingerprint density at radius 2 is 1.95 bits per heavy atom. The zero-order chi connectivity index (χ0) is 15.2. The van der Waals surface area contributed by atoms with E-state index in [1.165, 1.54) is 17.4 Å². The highest BCUT2D eigenvalue weighted by Gasteiger charge is 2.17. The summed E-state index contributed by atoms with van der Waals surface area (Å²) >= 11 is 0. The van der Waals surface area contributed by atoms with Gasteiger partial charge in [-0.2, -0.15) is 0 Å². The minimum absolute atomic E-state index is 0.139. The first-order valence-electron chi connectivity index (χ1n) is 6.63. The number of benzene rings is 1. The monoisotopic (exact) mass is 299 g/mol. The van der Waals surface area contributed by atoms with E-state index in [0.29, 0.717) is 18.4 Å². The van der Waals surface area contributed by atoms with Crippen LogP contribution in [0.3, 0.4) is 0 Å². The highest BCUT2D eigenvalue weighted by molar-refractivity contribution is 7.89. The number of unbranched alkanes of at least 4 members (excludes halogenated alkanes) is 1. The molecule has 6 heteroatoms. The number of carboxylic acids is 1. The fourth-order valence-corrected chi connectivity index (χ4v) is 3.18. The fourth-order valence-electron chi connectivity index (χ4n) is 1.85. The summed E-state index contributed by atoms with van der Waals surface area (Å²) in [7, 11) is -1.70. The summed E-state index contributed by atoms with van der Waals surface area (Å²) in [6, 6.07) is 6.67. The quantitative estimate of drug-likeness (QED) is 0.796. The predicted octanol–water partition coefficient (Wildman–Crippen LogP) is 1.99. The molecule has 1 aromatic carbocycles. The molecule has 0 saturated carbocycles. The molecule has 0 spiro atoms. The van der Waals surface area contributed by atoms with Crippen LogP contribution in [0.5, 0.6) is 0 Å². The zero-order valence-electron chi connectivity index (χ0n) is 11.9. The van der Waals surface area contributed by atoms with E-state index in [1.54, 1.807) is 18.2 Å². The molecule has 112 valence electrons. The number of carbonyl (C=O) groups is 1. The summed E-state index contributed by atoms with van der Waals surface area (Å²) in [5.74, 6) is -0.849. The third kappa shape index (κ3) is 4.61. The number of rotatable bonds is 8. The van der Waals surface area contributed by atoms with Crippen LogP contribution in [-0.2, 0) is 16.4 Å². The number of carboxylic acid groups (broad SMARTS) is 1. The van der Waals surface area contributed by atoms with Gasteiger partial charge in [0.15, 0.2) is 0 Å². The van der Waals surface area contributed by atoms with Crippen molar-refractivity contribution < 1.29 is 18.3 Å². The number of hydrogen-bond acceptors (Lipinski definition) is 3. The molecule has 1 N–H and O–H groups in total. The average molecular weight is 299 g/mol. The van der Waals surface area contributed by atoms with Crippen LogP contribution in [0, 0.1) is 0 Å². The molecule has 0 unspecified atom stereocenters. The Hall–Kier alpha value is -1.40. The summed E-state index contributed by atoms with van der Waals surface area (Å²) in [6.45, 7) is 2.23. The average Bonchev–Trinajstić information content (AvgIpc) is 2.42. The van der Waals surface area contributed by atoms with Crippen molar-refractivity contribution in [1.82, 2.24) is 4.31 Å². The molecule has 0 fully saturated rings. The summed E-state index contributed by atoms with van der Waals surface area (Å²) in [5, 5.41) is 9.08. The summed E-state index contributed by atoms with van der Waals surface area (Å²) in [6.07, 6.45) is 1.86. The van der Waals surface area contributed by atoms with E-state index in [0.717, 1.165) is 6.42 Å². The Labute approximate surface area is 120 Å². The number of sulfonamides is 1. The van der Waals surface area contributed by atoms with Crippen LogP contribution in [-0.4, -0.2) is 43.1 Å². The van der Waals surface area contributed by atoms with Crippen LogP contribution in [0.4, 0.5) is 0 Å². The number of hydrogen-bond donors (Lipinski definition) is 1. The molecule has 0 saturated heterocycles. The predicted molar refractivity (Wildman–Crippen MR) is 78.4 cm³/mol. The minimum atomic E-state index is -3.24. The maximum absolute atomic E-state index is 11.9. The first-order chi connectivity index (χ1) is 9.38. The molecule has 5 nitrogen and oxygen atoms in total. The van der Waals surface area contributed by atoms with Gasteiger partial charge in [-0.3, -0.25) is 0 Å². The van der Waals surface area contributed by atoms with Crippen LogP contribution in [0.1, 0.15) is 35.7 Å². The third-order valence-corrected chi connectivity index (χ3v) is 5.11. The molecule has 1 rings (SSSR count). The Balaban J connectivity index is 2.70. The maximum atomic E-state index is 11.9. The second-order valence-electron chi connectivity index (χ2n) is 4.70. The largest absolute Gasteiger partial charge is 0.478 e. The molecule has 0 aromatic heterocycles. The molecular weight excluding hydrogens is 278 g/mol. The maximum Gasteiger partial charge on any atom is 0.335 e. The number of aromatic carboxylic acids is 1. The van der Waals surface area contributed by atoms with Gasteiger partial charge in [0.05, 0.1) is 11.3 Å². The topological polar surface area (TPSA) is 74.7 Å². The number of likely N-dealkylation sites (N-methyl/N-ethyl adjacent to an activating group) is 1. The van der Waals surface area contributed by atoms with Crippen molar-refractivity contribution in [3.8, 4) is 0 Å². The summed E-state index contributed by atoms with van der Waals surface area (Å²) < 4.78 is 25.2. The van der Waals surface area contributed by atoms with Gasteiger partial charge in [0, 0.05) is 13.6 Å². The second-order valence-corrected chi connectivity index (χ2v) is 6.90. The lowest BCUT2D eigenvalue weighted by Crippen LogP contribution is -2.31. The molecule has 0 atom stereocenters. The van der Waals surface area contributed by atoms with Gasteiger partial charge >= 0.3 is 5.97 Å². The zero-order valence-corrected chi connectivity index (χ0v) is 12.7. The Bertz CT molecular complexity index is 554. The molecular formula is C14H21NO4S. The number of nitrogens with zero attached hydrogens (tertiary/aromatic N) is 1. The SMILES string of the molecule is CCCCS(=O)(=O)N(C)CCc1ccccc1C(=O)O. The van der Waals surface area contributed by atoms with E-state index >= 15 is 0 Å². The second kappa shape index (κ2) is 7.40. The molecule has 1 aromatic rings. The molecule has 0 radical (unpaired) electrons. The third-order valence-electron chi connectivity index (χ3n) is 3.17. The van der Waals surface area contributed by atoms with Gasteiger partial charge in [0.2, 0.25) is 10.0 Å². The lowest BCUT2D eigenvalue weighted by atomic mass is 10.1. The van der Waals surface area contributed by atoms with Gasteiger partial charge in [0.25, 0.3) is 0 Å². The van der Waals surface area contributed by atoms with Crippen LogP contribution < -0.4 is 0 Å². The summed E-state index contributed by atoms with van der Waals surface area (Å²) in [4.78, 5) is 11.1. The van der Waals surface area contributed by atoms with Crippen molar-refractivity contribution in [2.24, 2.45) is 0 Å². The Morgan fingerprint density at radius 1 is 1.30 bits per heavy atom. The van der Waals surface area contributed by atoms with Gasteiger partial charge in [0.1, 0.15) is 0 Å². The summed E-state index contributed by atoms with van der Waals surface area (Å²) in [5.41, 5.74) is 0.879. The molecule has 0 bridgehead atoms. The highest BCUT2D eigenvalue weighted by Crippen LogP contribution is 2.11. The van der Waals surface area contributed by atoms with Gasteiger partial charge < -0.3 is 5.11 Å². The lowest BCUT2D eigenvalue weighted by Gasteiger charge is -2.17. The van der Waals surface area contributed by atoms with Gasteiger partial charge in [-0.1, -0.05) is 31.5 Å². The van der Waals surface area contributed by atoms with Crippen molar-refractivity contribution in [1.29, 1.82) is 0 Å². The molecule has 20 heavy (non-hydrogen) atoms. The Kier molecular flexibility index (Phi) is 6.16.